The zero-order valence-electron chi connectivity index (χ0n) is 14.6. The summed E-state index contributed by atoms with van der Waals surface area (Å²) in [5.41, 5.74) is 2.21. The molecule has 0 aliphatic carbocycles. The minimum atomic E-state index is -0.221. The third-order valence-electron chi connectivity index (χ3n) is 5.12. The van der Waals surface area contributed by atoms with Crippen LogP contribution in [0.1, 0.15) is 30.6 Å². The van der Waals surface area contributed by atoms with E-state index < -0.39 is 0 Å². The smallest absolute Gasteiger partial charge is 0.254 e. The van der Waals surface area contributed by atoms with Crippen molar-refractivity contribution in [3.05, 3.63) is 23.8 Å². The number of carbonyl (C=O) groups excluding carboxylic acids is 2. The third kappa shape index (κ3) is 3.24. The number of nitrogens with one attached hydrogen (secondary N) is 2. The van der Waals surface area contributed by atoms with Crippen molar-refractivity contribution in [3.8, 4) is 0 Å². The molecular formula is C18H26N4O2. The highest BCUT2D eigenvalue weighted by Gasteiger charge is 2.30. The minimum absolute atomic E-state index is 0.0268. The SMILES string of the molecule is CC[C@H](C)[C@@H]1Nc2ccc(C(=O)N3CCN(C)CC3)cc2NC1=O. The van der Waals surface area contributed by atoms with Crippen molar-refractivity contribution in [2.45, 2.75) is 26.3 Å². The zero-order chi connectivity index (χ0) is 17.3. The molecule has 6 nitrogen and oxygen atoms in total. The van der Waals surface area contributed by atoms with Gasteiger partial charge in [0.25, 0.3) is 5.91 Å². The van der Waals surface area contributed by atoms with E-state index in [1.807, 2.05) is 17.0 Å². The molecule has 3 rings (SSSR count). The van der Waals surface area contributed by atoms with E-state index in [4.69, 9.17) is 0 Å². The second-order valence-electron chi connectivity index (χ2n) is 6.85. The van der Waals surface area contributed by atoms with E-state index in [0.717, 1.165) is 38.3 Å². The van der Waals surface area contributed by atoms with Crippen LogP contribution in [0, 0.1) is 5.92 Å². The molecule has 1 aromatic rings. The van der Waals surface area contributed by atoms with Gasteiger partial charge in [-0.2, -0.15) is 0 Å². The molecule has 0 radical (unpaired) electrons. The molecule has 2 aliphatic heterocycles. The van der Waals surface area contributed by atoms with E-state index in [9.17, 15) is 9.59 Å². The predicted molar refractivity (Wildman–Crippen MR) is 95.3 cm³/mol. The number of anilines is 2. The lowest BCUT2D eigenvalue weighted by Gasteiger charge is -2.33. The number of piperazine rings is 1. The molecule has 0 saturated carbocycles. The molecule has 24 heavy (non-hydrogen) atoms. The van der Waals surface area contributed by atoms with E-state index in [-0.39, 0.29) is 23.8 Å². The number of likely N-dealkylation sites (N-methyl/N-ethyl adjacent to an activating group) is 1. The average molecular weight is 330 g/mol. The number of hydrogen-bond acceptors (Lipinski definition) is 4. The van der Waals surface area contributed by atoms with Gasteiger partial charge in [0.15, 0.2) is 0 Å². The van der Waals surface area contributed by atoms with Crippen LogP contribution in [-0.2, 0) is 4.79 Å². The van der Waals surface area contributed by atoms with Crippen molar-refractivity contribution in [1.29, 1.82) is 0 Å². The number of carbonyl (C=O) groups is 2. The van der Waals surface area contributed by atoms with Gasteiger partial charge < -0.3 is 20.4 Å². The first-order chi connectivity index (χ1) is 11.5. The van der Waals surface area contributed by atoms with E-state index in [2.05, 4.69) is 36.4 Å². The Balaban J connectivity index is 1.76. The normalized spacial score (nSPS) is 22.4. The van der Waals surface area contributed by atoms with Gasteiger partial charge in [0.1, 0.15) is 6.04 Å². The van der Waals surface area contributed by atoms with Gasteiger partial charge >= 0.3 is 0 Å². The molecule has 6 heteroatoms. The molecular weight excluding hydrogens is 304 g/mol. The van der Waals surface area contributed by atoms with Gasteiger partial charge in [0, 0.05) is 31.7 Å². The number of amides is 2. The summed E-state index contributed by atoms with van der Waals surface area (Å²) in [6.45, 7) is 7.41. The van der Waals surface area contributed by atoms with E-state index in [1.165, 1.54) is 0 Å². The topological polar surface area (TPSA) is 64.7 Å². The summed E-state index contributed by atoms with van der Waals surface area (Å²) >= 11 is 0. The van der Waals surface area contributed by atoms with Crippen molar-refractivity contribution >= 4 is 23.2 Å². The van der Waals surface area contributed by atoms with Crippen LogP contribution in [0.15, 0.2) is 18.2 Å². The van der Waals surface area contributed by atoms with Gasteiger partial charge in [-0.3, -0.25) is 9.59 Å². The van der Waals surface area contributed by atoms with E-state index >= 15 is 0 Å². The summed E-state index contributed by atoms with van der Waals surface area (Å²) in [6.07, 6.45) is 0.931. The van der Waals surface area contributed by atoms with Gasteiger partial charge in [0.2, 0.25) is 5.91 Å². The Hall–Kier alpha value is -2.08. The number of fused-ring (bicyclic) bond motifs is 1. The summed E-state index contributed by atoms with van der Waals surface area (Å²) in [4.78, 5) is 29.1. The summed E-state index contributed by atoms with van der Waals surface area (Å²) < 4.78 is 0. The highest BCUT2D eigenvalue weighted by atomic mass is 16.2. The summed E-state index contributed by atoms with van der Waals surface area (Å²) in [5, 5.41) is 6.26. The van der Waals surface area contributed by atoms with Crippen molar-refractivity contribution < 1.29 is 9.59 Å². The quantitative estimate of drug-likeness (QED) is 0.888. The average Bonchev–Trinajstić information content (AvgIpc) is 2.60. The second kappa shape index (κ2) is 6.81. The van der Waals surface area contributed by atoms with Crippen LogP contribution in [-0.4, -0.2) is 60.9 Å². The molecule has 0 unspecified atom stereocenters. The molecule has 2 N–H and O–H groups in total. The van der Waals surface area contributed by atoms with Crippen molar-refractivity contribution in [3.63, 3.8) is 0 Å². The van der Waals surface area contributed by atoms with Gasteiger partial charge in [-0.15, -0.1) is 0 Å². The standard InChI is InChI=1S/C18H26N4O2/c1-4-12(2)16-17(23)20-15-11-13(5-6-14(15)19-16)18(24)22-9-7-21(3)8-10-22/h5-6,11-12,16,19H,4,7-10H2,1-3H3,(H,20,23)/t12-,16-/m0/s1. The Morgan fingerprint density at radius 3 is 2.62 bits per heavy atom. The van der Waals surface area contributed by atoms with Crippen molar-refractivity contribution in [2.75, 3.05) is 43.9 Å². The van der Waals surface area contributed by atoms with Gasteiger partial charge in [0.05, 0.1) is 11.4 Å². The Morgan fingerprint density at radius 2 is 1.96 bits per heavy atom. The predicted octanol–water partition coefficient (Wildman–Crippen LogP) is 1.85. The second-order valence-corrected chi connectivity index (χ2v) is 6.85. The fourth-order valence-corrected chi connectivity index (χ4v) is 3.18. The maximum absolute atomic E-state index is 12.7. The number of benzene rings is 1. The Morgan fingerprint density at radius 1 is 1.25 bits per heavy atom. The van der Waals surface area contributed by atoms with Crippen LogP contribution in [0.25, 0.3) is 0 Å². The van der Waals surface area contributed by atoms with Crippen LogP contribution in [0.3, 0.4) is 0 Å². The summed E-state index contributed by atoms with van der Waals surface area (Å²) in [6, 6.07) is 5.31. The molecule has 2 amide bonds. The number of rotatable bonds is 3. The first-order valence-corrected chi connectivity index (χ1v) is 8.69. The van der Waals surface area contributed by atoms with Gasteiger partial charge in [-0.25, -0.2) is 0 Å². The largest absolute Gasteiger partial charge is 0.372 e. The lowest BCUT2D eigenvalue weighted by Crippen LogP contribution is -2.47. The van der Waals surface area contributed by atoms with Crippen LogP contribution in [0.2, 0.25) is 0 Å². The van der Waals surface area contributed by atoms with E-state index in [1.54, 1.807) is 6.07 Å². The fraction of sp³-hybridized carbons (Fsp3) is 0.556. The van der Waals surface area contributed by atoms with E-state index in [0.29, 0.717) is 11.3 Å². The molecule has 0 aromatic heterocycles. The number of nitrogens with zero attached hydrogens (tertiary/aromatic N) is 2. The van der Waals surface area contributed by atoms with Crippen LogP contribution < -0.4 is 10.6 Å². The molecule has 130 valence electrons. The van der Waals surface area contributed by atoms with Crippen molar-refractivity contribution in [2.24, 2.45) is 5.92 Å². The first kappa shape index (κ1) is 16.8. The highest BCUT2D eigenvalue weighted by Crippen LogP contribution is 2.30. The Labute approximate surface area is 143 Å². The molecule has 2 heterocycles. The molecule has 1 aromatic carbocycles. The molecule has 2 atom stereocenters. The molecule has 1 saturated heterocycles. The summed E-state index contributed by atoms with van der Waals surface area (Å²) in [7, 11) is 2.07. The number of hydrogen-bond donors (Lipinski definition) is 2. The van der Waals surface area contributed by atoms with Crippen molar-refractivity contribution in [1.82, 2.24) is 9.80 Å². The maximum atomic E-state index is 12.7. The third-order valence-corrected chi connectivity index (χ3v) is 5.12. The Kier molecular flexibility index (Phi) is 4.76. The van der Waals surface area contributed by atoms with Crippen LogP contribution in [0.4, 0.5) is 11.4 Å². The first-order valence-electron chi connectivity index (χ1n) is 8.69. The van der Waals surface area contributed by atoms with Crippen LogP contribution in [0.5, 0.6) is 0 Å². The fourth-order valence-electron chi connectivity index (χ4n) is 3.18. The molecule has 0 bridgehead atoms. The van der Waals surface area contributed by atoms with Crippen LogP contribution >= 0.6 is 0 Å². The zero-order valence-corrected chi connectivity index (χ0v) is 14.6. The minimum Gasteiger partial charge on any atom is -0.372 e. The maximum Gasteiger partial charge on any atom is 0.254 e. The van der Waals surface area contributed by atoms with Gasteiger partial charge in [-0.1, -0.05) is 20.3 Å². The Bertz CT molecular complexity index is 638. The highest BCUT2D eigenvalue weighted by molar-refractivity contribution is 6.05. The van der Waals surface area contributed by atoms with Gasteiger partial charge in [-0.05, 0) is 31.2 Å². The summed E-state index contributed by atoms with van der Waals surface area (Å²) in [5.74, 6) is 0.259. The monoisotopic (exact) mass is 330 g/mol. The molecule has 2 aliphatic rings. The molecule has 0 spiro atoms. The lowest BCUT2D eigenvalue weighted by molar-refractivity contribution is -0.118. The lowest BCUT2D eigenvalue weighted by atomic mass is 9.95. The molecule has 1 fully saturated rings.